The Balaban J connectivity index is 1.81. The fraction of sp³-hybridized carbons (Fsp3) is 0.733. The van der Waals surface area contributed by atoms with Crippen LogP contribution in [0.25, 0.3) is 0 Å². The van der Waals surface area contributed by atoms with E-state index in [1.165, 1.54) is 48.5 Å². The summed E-state index contributed by atoms with van der Waals surface area (Å²) < 4.78 is 0. The number of nitrogens with zero attached hydrogens (tertiary/aromatic N) is 1. The van der Waals surface area contributed by atoms with Crippen molar-refractivity contribution in [1.29, 1.82) is 0 Å². The third-order valence-electron chi connectivity index (χ3n) is 3.63. The molecule has 0 aromatic carbocycles. The fourth-order valence-corrected chi connectivity index (χ4v) is 3.63. The monoisotopic (exact) mass is 266 g/mol. The first-order valence-corrected chi connectivity index (χ1v) is 8.16. The van der Waals surface area contributed by atoms with Gasteiger partial charge in [0.25, 0.3) is 0 Å². The van der Waals surface area contributed by atoms with Crippen molar-refractivity contribution in [2.24, 2.45) is 0 Å². The summed E-state index contributed by atoms with van der Waals surface area (Å²) >= 11 is 1.98. The second-order valence-electron chi connectivity index (χ2n) is 5.25. The van der Waals surface area contributed by atoms with E-state index in [1.807, 2.05) is 11.3 Å². The molecule has 0 saturated carbocycles. The molecule has 2 nitrogen and oxygen atoms in total. The minimum Gasteiger partial charge on any atom is -0.313 e. The number of nitrogens with one attached hydrogen (secondary N) is 1. The molecule has 0 bridgehead atoms. The number of rotatable bonds is 6. The largest absolute Gasteiger partial charge is 0.313 e. The predicted molar refractivity (Wildman–Crippen MR) is 80.3 cm³/mol. The Morgan fingerprint density at radius 2 is 2.17 bits per heavy atom. The molecule has 1 unspecified atom stereocenters. The van der Waals surface area contributed by atoms with E-state index in [1.54, 1.807) is 0 Å². The van der Waals surface area contributed by atoms with Crippen molar-refractivity contribution in [1.82, 2.24) is 10.2 Å². The summed E-state index contributed by atoms with van der Waals surface area (Å²) in [5, 5.41) is 3.67. The molecule has 1 aromatic heterocycles. The van der Waals surface area contributed by atoms with Crippen molar-refractivity contribution >= 4 is 11.3 Å². The lowest BCUT2D eigenvalue weighted by atomic mass is 10.1. The van der Waals surface area contributed by atoms with Gasteiger partial charge in [0, 0.05) is 28.9 Å². The lowest BCUT2D eigenvalue weighted by Crippen LogP contribution is -2.45. The molecule has 2 heterocycles. The molecule has 102 valence electrons. The van der Waals surface area contributed by atoms with Crippen LogP contribution < -0.4 is 5.32 Å². The van der Waals surface area contributed by atoms with Crippen molar-refractivity contribution in [3.8, 4) is 0 Å². The van der Waals surface area contributed by atoms with Crippen LogP contribution in [0.3, 0.4) is 0 Å². The summed E-state index contributed by atoms with van der Waals surface area (Å²) in [5.74, 6) is 0. The molecule has 1 saturated heterocycles. The van der Waals surface area contributed by atoms with Gasteiger partial charge in [-0.05, 0) is 50.9 Å². The van der Waals surface area contributed by atoms with E-state index in [0.717, 1.165) is 13.1 Å². The SMILES string of the molecule is CCCNC1CCCN(Cc2ccc(CC)s2)C1. The van der Waals surface area contributed by atoms with Crippen LogP contribution in [0, 0.1) is 0 Å². The Bertz CT molecular complexity index is 348. The van der Waals surface area contributed by atoms with Gasteiger partial charge in [0.1, 0.15) is 0 Å². The molecular weight excluding hydrogens is 240 g/mol. The first kappa shape index (κ1) is 14.0. The third-order valence-corrected chi connectivity index (χ3v) is 4.85. The van der Waals surface area contributed by atoms with Crippen LogP contribution in [0.5, 0.6) is 0 Å². The van der Waals surface area contributed by atoms with E-state index in [-0.39, 0.29) is 0 Å². The van der Waals surface area contributed by atoms with Gasteiger partial charge in [-0.3, -0.25) is 4.90 Å². The van der Waals surface area contributed by atoms with Crippen molar-refractivity contribution in [2.75, 3.05) is 19.6 Å². The maximum Gasteiger partial charge on any atom is 0.0328 e. The molecule has 1 atom stereocenters. The van der Waals surface area contributed by atoms with Gasteiger partial charge < -0.3 is 5.32 Å². The van der Waals surface area contributed by atoms with Gasteiger partial charge in [0.2, 0.25) is 0 Å². The van der Waals surface area contributed by atoms with Gasteiger partial charge >= 0.3 is 0 Å². The Kier molecular flexibility index (Phi) is 5.67. The van der Waals surface area contributed by atoms with E-state index in [9.17, 15) is 0 Å². The predicted octanol–water partition coefficient (Wildman–Crippen LogP) is 3.27. The highest BCUT2D eigenvalue weighted by Gasteiger charge is 2.19. The summed E-state index contributed by atoms with van der Waals surface area (Å²) in [6.45, 7) is 9.28. The molecule has 1 fully saturated rings. The first-order valence-electron chi connectivity index (χ1n) is 7.35. The van der Waals surface area contributed by atoms with Gasteiger partial charge in [0.05, 0.1) is 0 Å². The van der Waals surface area contributed by atoms with Crippen molar-refractivity contribution in [2.45, 2.75) is 52.1 Å². The Hall–Kier alpha value is -0.380. The van der Waals surface area contributed by atoms with E-state index in [2.05, 4.69) is 36.2 Å². The quantitative estimate of drug-likeness (QED) is 0.850. The molecule has 2 rings (SSSR count). The highest BCUT2D eigenvalue weighted by Crippen LogP contribution is 2.20. The van der Waals surface area contributed by atoms with Crippen LogP contribution in [-0.4, -0.2) is 30.6 Å². The Morgan fingerprint density at radius 1 is 1.33 bits per heavy atom. The average Bonchev–Trinajstić information content (AvgIpc) is 2.84. The zero-order valence-electron chi connectivity index (χ0n) is 11.7. The van der Waals surface area contributed by atoms with Crippen molar-refractivity contribution < 1.29 is 0 Å². The Morgan fingerprint density at radius 3 is 2.89 bits per heavy atom. The van der Waals surface area contributed by atoms with E-state index >= 15 is 0 Å². The number of hydrogen-bond donors (Lipinski definition) is 1. The highest BCUT2D eigenvalue weighted by atomic mass is 32.1. The van der Waals surface area contributed by atoms with Crippen LogP contribution in [0.4, 0.5) is 0 Å². The van der Waals surface area contributed by atoms with Gasteiger partial charge in [-0.25, -0.2) is 0 Å². The minimum atomic E-state index is 0.712. The second-order valence-corrected chi connectivity index (χ2v) is 6.50. The van der Waals surface area contributed by atoms with Crippen LogP contribution in [-0.2, 0) is 13.0 Å². The van der Waals surface area contributed by atoms with Crippen LogP contribution in [0.2, 0.25) is 0 Å². The molecule has 0 amide bonds. The van der Waals surface area contributed by atoms with Gasteiger partial charge in [-0.2, -0.15) is 0 Å². The molecular formula is C15H26N2S. The highest BCUT2D eigenvalue weighted by molar-refractivity contribution is 7.11. The molecule has 1 N–H and O–H groups in total. The maximum atomic E-state index is 3.67. The number of piperidine rings is 1. The van der Waals surface area contributed by atoms with Gasteiger partial charge in [-0.15, -0.1) is 11.3 Å². The average molecular weight is 266 g/mol. The summed E-state index contributed by atoms with van der Waals surface area (Å²) in [6, 6.07) is 5.31. The summed E-state index contributed by atoms with van der Waals surface area (Å²) in [5.41, 5.74) is 0. The molecule has 1 aromatic rings. The molecule has 18 heavy (non-hydrogen) atoms. The molecule has 1 aliphatic heterocycles. The third kappa shape index (κ3) is 4.08. The standard InChI is InChI=1S/C15H26N2S/c1-3-9-16-13-6-5-10-17(11-13)12-15-8-7-14(4-2)18-15/h7-8,13,16H,3-6,9-12H2,1-2H3. The zero-order valence-corrected chi connectivity index (χ0v) is 12.6. The molecule has 3 heteroatoms. The summed E-state index contributed by atoms with van der Waals surface area (Å²) in [6.07, 6.45) is 5.10. The fourth-order valence-electron chi connectivity index (χ4n) is 2.63. The smallest absolute Gasteiger partial charge is 0.0328 e. The maximum absolute atomic E-state index is 3.67. The lowest BCUT2D eigenvalue weighted by Gasteiger charge is -2.33. The normalized spacial score (nSPS) is 21.3. The van der Waals surface area contributed by atoms with Crippen LogP contribution >= 0.6 is 11.3 Å². The number of thiophene rings is 1. The molecule has 0 aliphatic carbocycles. The van der Waals surface area contributed by atoms with E-state index in [0.29, 0.717) is 6.04 Å². The first-order chi connectivity index (χ1) is 8.81. The molecule has 1 aliphatic rings. The van der Waals surface area contributed by atoms with E-state index in [4.69, 9.17) is 0 Å². The number of likely N-dealkylation sites (tertiary alicyclic amines) is 1. The minimum absolute atomic E-state index is 0.712. The van der Waals surface area contributed by atoms with Gasteiger partial charge in [0.15, 0.2) is 0 Å². The van der Waals surface area contributed by atoms with Crippen LogP contribution in [0.15, 0.2) is 12.1 Å². The number of hydrogen-bond acceptors (Lipinski definition) is 3. The topological polar surface area (TPSA) is 15.3 Å². The summed E-state index contributed by atoms with van der Waals surface area (Å²) in [7, 11) is 0. The van der Waals surface area contributed by atoms with Crippen LogP contribution in [0.1, 0.15) is 42.9 Å². The Labute approximate surface area is 115 Å². The van der Waals surface area contributed by atoms with E-state index < -0.39 is 0 Å². The lowest BCUT2D eigenvalue weighted by molar-refractivity contribution is 0.185. The number of aryl methyl sites for hydroxylation is 1. The zero-order chi connectivity index (χ0) is 12.8. The van der Waals surface area contributed by atoms with Gasteiger partial charge in [-0.1, -0.05) is 13.8 Å². The summed E-state index contributed by atoms with van der Waals surface area (Å²) in [4.78, 5) is 5.66. The second kappa shape index (κ2) is 7.27. The molecule has 0 spiro atoms. The van der Waals surface area contributed by atoms with Crippen molar-refractivity contribution in [3.63, 3.8) is 0 Å². The van der Waals surface area contributed by atoms with Crippen molar-refractivity contribution in [3.05, 3.63) is 21.9 Å². The molecule has 0 radical (unpaired) electrons.